The van der Waals surface area contributed by atoms with Crippen LogP contribution in [-0.4, -0.2) is 52.1 Å². The maximum atomic E-state index is 14.4. The summed E-state index contributed by atoms with van der Waals surface area (Å²) in [5, 5.41) is 15.6. The van der Waals surface area contributed by atoms with Crippen molar-refractivity contribution in [2.24, 2.45) is 0 Å². The van der Waals surface area contributed by atoms with Crippen LogP contribution in [0.15, 0.2) is 42.5 Å². The van der Waals surface area contributed by atoms with Gasteiger partial charge in [0.1, 0.15) is 23.4 Å². The molecule has 1 fully saturated rings. The third-order valence-corrected chi connectivity index (χ3v) is 7.01. The molecule has 0 aromatic heterocycles. The van der Waals surface area contributed by atoms with E-state index in [-0.39, 0.29) is 30.0 Å². The Bertz CT molecular complexity index is 1170. The lowest BCUT2D eigenvalue weighted by molar-refractivity contribution is -0.143. The number of ether oxygens (including phenoxy) is 1. The average molecular weight is 552 g/mol. The summed E-state index contributed by atoms with van der Waals surface area (Å²) in [6, 6.07) is 10.5. The fraction of sp³-hybridized carbons (Fsp3) is 0.531. The molecule has 3 N–H and O–H groups in total. The monoisotopic (exact) mass is 551 g/mol. The molecule has 218 valence electrons. The topological polar surface area (TPSA) is 108 Å². The zero-order chi connectivity index (χ0) is 29.4. The molecule has 2 aromatic rings. The predicted molar refractivity (Wildman–Crippen MR) is 156 cm³/mol. The minimum absolute atomic E-state index is 0.108. The lowest BCUT2D eigenvalue weighted by Crippen LogP contribution is -2.54. The predicted octanol–water partition coefficient (Wildman–Crippen LogP) is 5.48. The van der Waals surface area contributed by atoms with Crippen molar-refractivity contribution < 1.29 is 24.2 Å². The summed E-state index contributed by atoms with van der Waals surface area (Å²) in [6.07, 6.45) is 3.96. The van der Waals surface area contributed by atoms with Gasteiger partial charge in [-0.3, -0.25) is 9.59 Å². The molecule has 0 saturated heterocycles. The molecule has 2 unspecified atom stereocenters. The van der Waals surface area contributed by atoms with Gasteiger partial charge >= 0.3 is 6.09 Å². The fourth-order valence-corrected chi connectivity index (χ4v) is 4.62. The van der Waals surface area contributed by atoms with Crippen molar-refractivity contribution in [1.29, 1.82) is 0 Å². The molecule has 0 heterocycles. The molecule has 0 aliphatic heterocycles. The maximum absolute atomic E-state index is 14.4. The summed E-state index contributed by atoms with van der Waals surface area (Å²) >= 11 is 0. The number of nitrogens with zero attached hydrogens (tertiary/aromatic N) is 1. The highest BCUT2D eigenvalue weighted by Gasteiger charge is 2.44. The second kappa shape index (κ2) is 13.7. The van der Waals surface area contributed by atoms with Gasteiger partial charge in [-0.25, -0.2) is 4.79 Å². The first-order chi connectivity index (χ1) is 18.9. The van der Waals surface area contributed by atoms with E-state index >= 15 is 0 Å². The van der Waals surface area contributed by atoms with Crippen molar-refractivity contribution in [1.82, 2.24) is 15.5 Å². The van der Waals surface area contributed by atoms with Crippen LogP contribution in [-0.2, 0) is 20.7 Å². The minimum Gasteiger partial charge on any atom is -0.508 e. The van der Waals surface area contributed by atoms with E-state index in [1.165, 1.54) is 0 Å². The summed E-state index contributed by atoms with van der Waals surface area (Å²) in [5.41, 5.74) is 2.91. The summed E-state index contributed by atoms with van der Waals surface area (Å²) in [4.78, 5) is 42.7. The number of hydrogen-bond acceptors (Lipinski definition) is 5. The second-order valence-corrected chi connectivity index (χ2v) is 11.8. The Morgan fingerprint density at radius 3 is 2.27 bits per heavy atom. The first-order valence-electron chi connectivity index (χ1n) is 14.3. The fourth-order valence-electron chi connectivity index (χ4n) is 4.62. The Labute approximate surface area is 238 Å². The van der Waals surface area contributed by atoms with Crippen molar-refractivity contribution in [2.75, 3.05) is 6.54 Å². The third kappa shape index (κ3) is 9.00. The Kier molecular flexibility index (Phi) is 10.6. The molecule has 2 aromatic carbocycles. The molecule has 0 radical (unpaired) electrons. The van der Waals surface area contributed by atoms with E-state index in [9.17, 15) is 19.5 Å². The normalized spacial score (nSPS) is 14.7. The summed E-state index contributed by atoms with van der Waals surface area (Å²) in [6.45, 7) is 11.9. The number of carbonyl (C=O) groups excluding carboxylic acids is 3. The van der Waals surface area contributed by atoms with Gasteiger partial charge in [-0.1, -0.05) is 50.1 Å². The number of unbranched alkanes of at least 4 members (excludes halogenated alkanes) is 2. The Hall–Kier alpha value is -3.55. The van der Waals surface area contributed by atoms with Crippen molar-refractivity contribution >= 4 is 17.9 Å². The zero-order valence-electron chi connectivity index (χ0n) is 24.8. The molecule has 1 aliphatic rings. The number of aryl methyl sites for hydroxylation is 2. The average Bonchev–Trinajstić information content (AvgIpc) is 3.71. The van der Waals surface area contributed by atoms with Crippen molar-refractivity contribution in [3.8, 4) is 5.75 Å². The van der Waals surface area contributed by atoms with E-state index in [0.29, 0.717) is 6.54 Å². The van der Waals surface area contributed by atoms with Crippen molar-refractivity contribution in [2.45, 2.75) is 104 Å². The van der Waals surface area contributed by atoms with Gasteiger partial charge in [0, 0.05) is 19.0 Å². The SMILES string of the molecule is CCCCCNC(=O)C(c1ccc(C)c(C)c1)N(C(=O)C(Cc1ccc(O)cc1)NC(=O)OC(C)(C)C)C1CC1. The van der Waals surface area contributed by atoms with E-state index in [0.717, 1.165) is 54.4 Å². The lowest BCUT2D eigenvalue weighted by atomic mass is 9.97. The number of hydrogen-bond donors (Lipinski definition) is 3. The number of carbonyl (C=O) groups is 3. The van der Waals surface area contributed by atoms with Gasteiger partial charge in [0.25, 0.3) is 0 Å². The molecule has 0 spiro atoms. The number of nitrogens with one attached hydrogen (secondary N) is 2. The van der Waals surface area contributed by atoms with E-state index in [4.69, 9.17) is 4.74 Å². The number of alkyl carbamates (subject to hydrolysis) is 1. The van der Waals surface area contributed by atoms with Gasteiger partial charge in [0.2, 0.25) is 11.8 Å². The molecule has 1 saturated carbocycles. The highest BCUT2D eigenvalue weighted by molar-refractivity contribution is 5.92. The lowest BCUT2D eigenvalue weighted by Gasteiger charge is -2.35. The Balaban J connectivity index is 1.99. The number of aromatic hydroxyl groups is 1. The summed E-state index contributed by atoms with van der Waals surface area (Å²) in [5.74, 6) is -0.450. The molecular weight excluding hydrogens is 506 g/mol. The molecule has 3 rings (SSSR count). The molecule has 8 heteroatoms. The van der Waals surface area contributed by atoms with Crippen LogP contribution >= 0.6 is 0 Å². The molecule has 8 nitrogen and oxygen atoms in total. The van der Waals surface area contributed by atoms with E-state index in [1.54, 1.807) is 49.9 Å². The first kappa shape index (κ1) is 31.0. The third-order valence-electron chi connectivity index (χ3n) is 7.01. The van der Waals surface area contributed by atoms with Crippen LogP contribution < -0.4 is 10.6 Å². The molecule has 0 bridgehead atoms. The number of phenols is 1. The van der Waals surface area contributed by atoms with Gasteiger partial charge in [-0.15, -0.1) is 0 Å². The standard InChI is InChI=1S/C32H45N3O5/c1-7-8-9-18-33-29(37)28(24-13-10-21(2)22(3)19-24)35(25-14-15-25)30(38)27(34-31(39)40-32(4,5)6)20-23-11-16-26(36)17-12-23/h10-13,16-17,19,25,27-28,36H,7-9,14-15,18,20H2,1-6H3,(H,33,37)(H,34,39). The quantitative estimate of drug-likeness (QED) is 0.303. The smallest absolute Gasteiger partial charge is 0.408 e. The van der Waals surface area contributed by atoms with Crippen molar-refractivity contribution in [3.63, 3.8) is 0 Å². The maximum Gasteiger partial charge on any atom is 0.408 e. The number of benzene rings is 2. The Morgan fingerprint density at radius 2 is 1.70 bits per heavy atom. The highest BCUT2D eigenvalue weighted by Crippen LogP contribution is 2.36. The van der Waals surface area contributed by atoms with Crippen LogP contribution in [0.5, 0.6) is 5.75 Å². The first-order valence-corrected chi connectivity index (χ1v) is 14.3. The molecule has 3 amide bonds. The van der Waals surface area contributed by atoms with Crippen LogP contribution in [0.2, 0.25) is 0 Å². The van der Waals surface area contributed by atoms with Gasteiger partial charge in [-0.05, 0) is 88.3 Å². The van der Waals surface area contributed by atoms with Gasteiger partial charge < -0.3 is 25.4 Å². The highest BCUT2D eigenvalue weighted by atomic mass is 16.6. The van der Waals surface area contributed by atoms with Crippen molar-refractivity contribution in [3.05, 3.63) is 64.7 Å². The number of rotatable bonds is 12. The molecule has 40 heavy (non-hydrogen) atoms. The van der Waals surface area contributed by atoms with Gasteiger partial charge in [-0.2, -0.15) is 0 Å². The Morgan fingerprint density at radius 1 is 1.02 bits per heavy atom. The zero-order valence-corrected chi connectivity index (χ0v) is 24.8. The minimum atomic E-state index is -0.970. The van der Waals surface area contributed by atoms with Crippen LogP contribution in [0.1, 0.15) is 88.1 Å². The molecular formula is C32H45N3O5. The second-order valence-electron chi connectivity index (χ2n) is 11.8. The van der Waals surface area contributed by atoms with Crippen LogP contribution in [0.3, 0.4) is 0 Å². The van der Waals surface area contributed by atoms with Crippen LogP contribution in [0.4, 0.5) is 4.79 Å². The largest absolute Gasteiger partial charge is 0.508 e. The number of amides is 3. The summed E-state index contributed by atoms with van der Waals surface area (Å²) < 4.78 is 5.49. The van der Waals surface area contributed by atoms with Gasteiger partial charge in [0.15, 0.2) is 0 Å². The van der Waals surface area contributed by atoms with E-state index in [1.807, 2.05) is 32.0 Å². The molecule has 2 atom stereocenters. The van der Waals surface area contributed by atoms with Crippen LogP contribution in [0, 0.1) is 13.8 Å². The van der Waals surface area contributed by atoms with Crippen LogP contribution in [0.25, 0.3) is 0 Å². The van der Waals surface area contributed by atoms with E-state index < -0.39 is 23.8 Å². The van der Waals surface area contributed by atoms with Gasteiger partial charge in [0.05, 0.1) is 0 Å². The summed E-state index contributed by atoms with van der Waals surface area (Å²) in [7, 11) is 0. The van der Waals surface area contributed by atoms with E-state index in [2.05, 4.69) is 17.6 Å². The number of phenolic OH excluding ortho intramolecular Hbond substituents is 1. The molecule has 1 aliphatic carbocycles.